The highest BCUT2D eigenvalue weighted by molar-refractivity contribution is 6.03. The number of hydrogen-bond donors (Lipinski definition) is 1. The first-order chi connectivity index (χ1) is 13.1. The van der Waals surface area contributed by atoms with Crippen LogP contribution >= 0.6 is 0 Å². The van der Waals surface area contributed by atoms with E-state index in [0.29, 0.717) is 5.69 Å². The number of carbonyl (C=O) groups excluding carboxylic acids is 1. The molecule has 2 aromatic heterocycles. The average molecular weight is 395 g/mol. The summed E-state index contributed by atoms with van der Waals surface area (Å²) in [6, 6.07) is 6.02. The number of carbonyl (C=O) groups is 1. The first kappa shape index (κ1) is 19.6. The van der Waals surface area contributed by atoms with Crippen LogP contribution < -0.4 is 5.32 Å². The predicted octanol–water partition coefficient (Wildman–Crippen LogP) is 4.27. The third kappa shape index (κ3) is 3.75. The van der Waals surface area contributed by atoms with Crippen molar-refractivity contribution in [2.45, 2.75) is 26.1 Å². The SMILES string of the molecule is CC(C)n1nccc1C(=O)Nc1ccc(-c2cc(C(F)(F)F)nn2C)c(F)c1. The van der Waals surface area contributed by atoms with E-state index < -0.39 is 23.6 Å². The van der Waals surface area contributed by atoms with Crippen LogP contribution in [0.1, 0.15) is 36.1 Å². The van der Waals surface area contributed by atoms with Gasteiger partial charge >= 0.3 is 6.18 Å². The molecule has 148 valence electrons. The number of hydrogen-bond acceptors (Lipinski definition) is 3. The highest BCUT2D eigenvalue weighted by Gasteiger charge is 2.35. The number of aromatic nitrogens is 4. The Hall–Kier alpha value is -3.17. The lowest BCUT2D eigenvalue weighted by molar-refractivity contribution is -0.141. The maximum atomic E-state index is 14.5. The minimum absolute atomic E-state index is 0.0272. The van der Waals surface area contributed by atoms with Gasteiger partial charge in [-0.25, -0.2) is 4.39 Å². The van der Waals surface area contributed by atoms with Crippen molar-refractivity contribution >= 4 is 11.6 Å². The molecule has 0 aliphatic carbocycles. The number of rotatable bonds is 4. The van der Waals surface area contributed by atoms with Crippen molar-refractivity contribution in [3.8, 4) is 11.3 Å². The van der Waals surface area contributed by atoms with Gasteiger partial charge in [0.1, 0.15) is 11.5 Å². The van der Waals surface area contributed by atoms with Crippen LogP contribution in [0.2, 0.25) is 0 Å². The Bertz CT molecular complexity index is 1020. The molecule has 0 radical (unpaired) electrons. The zero-order chi connectivity index (χ0) is 20.6. The number of amides is 1. The van der Waals surface area contributed by atoms with Gasteiger partial charge in [0.15, 0.2) is 5.69 Å². The molecule has 0 saturated carbocycles. The quantitative estimate of drug-likeness (QED) is 0.671. The highest BCUT2D eigenvalue weighted by Crippen LogP contribution is 2.32. The van der Waals surface area contributed by atoms with E-state index in [2.05, 4.69) is 15.5 Å². The number of halogens is 4. The smallest absolute Gasteiger partial charge is 0.321 e. The van der Waals surface area contributed by atoms with Crippen LogP contribution in [-0.4, -0.2) is 25.5 Å². The van der Waals surface area contributed by atoms with Crippen molar-refractivity contribution in [2.24, 2.45) is 7.05 Å². The van der Waals surface area contributed by atoms with Crippen LogP contribution in [0.25, 0.3) is 11.3 Å². The molecule has 1 aromatic carbocycles. The van der Waals surface area contributed by atoms with Gasteiger partial charge in [0.2, 0.25) is 0 Å². The first-order valence-electron chi connectivity index (χ1n) is 8.34. The van der Waals surface area contributed by atoms with Gasteiger partial charge in [-0.15, -0.1) is 0 Å². The number of benzene rings is 1. The predicted molar refractivity (Wildman–Crippen MR) is 94.2 cm³/mol. The first-order valence-corrected chi connectivity index (χ1v) is 8.34. The summed E-state index contributed by atoms with van der Waals surface area (Å²) in [4.78, 5) is 12.4. The van der Waals surface area contributed by atoms with Crippen LogP contribution in [0.3, 0.4) is 0 Å². The van der Waals surface area contributed by atoms with E-state index in [4.69, 9.17) is 0 Å². The van der Waals surface area contributed by atoms with Crippen molar-refractivity contribution in [1.82, 2.24) is 19.6 Å². The molecule has 28 heavy (non-hydrogen) atoms. The fraction of sp³-hybridized carbons (Fsp3) is 0.278. The summed E-state index contributed by atoms with van der Waals surface area (Å²) in [5.74, 6) is -1.26. The van der Waals surface area contributed by atoms with Crippen molar-refractivity contribution < 1.29 is 22.4 Å². The van der Waals surface area contributed by atoms with E-state index in [9.17, 15) is 22.4 Å². The van der Waals surface area contributed by atoms with Gasteiger partial charge in [-0.1, -0.05) is 0 Å². The Morgan fingerprint density at radius 3 is 2.46 bits per heavy atom. The third-order valence-electron chi connectivity index (χ3n) is 4.07. The number of nitrogens with zero attached hydrogens (tertiary/aromatic N) is 4. The maximum absolute atomic E-state index is 14.5. The summed E-state index contributed by atoms with van der Waals surface area (Å²) in [6.07, 6.45) is -3.14. The van der Waals surface area contributed by atoms with Gasteiger partial charge in [-0.2, -0.15) is 23.4 Å². The third-order valence-corrected chi connectivity index (χ3v) is 4.07. The monoisotopic (exact) mass is 395 g/mol. The lowest BCUT2D eigenvalue weighted by Gasteiger charge is -2.12. The number of alkyl halides is 3. The highest BCUT2D eigenvalue weighted by atomic mass is 19.4. The molecule has 0 bridgehead atoms. The van der Waals surface area contributed by atoms with Crippen LogP contribution in [-0.2, 0) is 13.2 Å². The topological polar surface area (TPSA) is 64.7 Å². The second-order valence-corrected chi connectivity index (χ2v) is 6.44. The van der Waals surface area contributed by atoms with Gasteiger partial charge < -0.3 is 5.32 Å². The minimum atomic E-state index is -4.63. The minimum Gasteiger partial charge on any atom is -0.321 e. The van der Waals surface area contributed by atoms with Crippen molar-refractivity contribution in [3.05, 3.63) is 53.7 Å². The summed E-state index contributed by atoms with van der Waals surface area (Å²) in [6.45, 7) is 3.72. The molecule has 0 spiro atoms. The summed E-state index contributed by atoms with van der Waals surface area (Å²) < 4.78 is 55.4. The van der Waals surface area contributed by atoms with Gasteiger partial charge in [0.25, 0.3) is 5.91 Å². The second kappa shape index (κ2) is 7.10. The summed E-state index contributed by atoms with van der Waals surface area (Å²) in [5, 5.41) is 10.00. The van der Waals surface area contributed by atoms with Crippen LogP contribution in [0.5, 0.6) is 0 Å². The number of aryl methyl sites for hydroxylation is 1. The van der Waals surface area contributed by atoms with Crippen LogP contribution in [0.4, 0.5) is 23.2 Å². The normalized spacial score (nSPS) is 11.9. The lowest BCUT2D eigenvalue weighted by Crippen LogP contribution is -2.19. The van der Waals surface area contributed by atoms with Gasteiger partial charge in [0, 0.05) is 30.5 Å². The fourth-order valence-electron chi connectivity index (χ4n) is 2.76. The van der Waals surface area contributed by atoms with E-state index in [1.165, 1.54) is 36.1 Å². The molecule has 0 aliphatic heterocycles. The molecule has 2 heterocycles. The molecule has 0 aliphatic rings. The molecule has 10 heteroatoms. The summed E-state index contributed by atoms with van der Waals surface area (Å²) in [7, 11) is 1.30. The van der Waals surface area contributed by atoms with E-state index >= 15 is 0 Å². The average Bonchev–Trinajstić information content (AvgIpc) is 3.21. The van der Waals surface area contributed by atoms with Gasteiger partial charge in [-0.05, 0) is 44.2 Å². The van der Waals surface area contributed by atoms with E-state index in [0.717, 1.165) is 16.8 Å². The maximum Gasteiger partial charge on any atom is 0.435 e. The molecule has 3 aromatic rings. The molecule has 0 saturated heterocycles. The van der Waals surface area contributed by atoms with Crippen molar-refractivity contribution in [3.63, 3.8) is 0 Å². The summed E-state index contributed by atoms with van der Waals surface area (Å²) >= 11 is 0. The largest absolute Gasteiger partial charge is 0.435 e. The Morgan fingerprint density at radius 1 is 1.18 bits per heavy atom. The molecule has 1 amide bonds. The van der Waals surface area contributed by atoms with Crippen molar-refractivity contribution in [2.75, 3.05) is 5.32 Å². The van der Waals surface area contributed by atoms with Crippen molar-refractivity contribution in [1.29, 1.82) is 0 Å². The molecular weight excluding hydrogens is 378 g/mol. The number of nitrogens with one attached hydrogen (secondary N) is 1. The Labute approximate surface area is 157 Å². The Kier molecular flexibility index (Phi) is 4.97. The second-order valence-electron chi connectivity index (χ2n) is 6.44. The molecule has 0 atom stereocenters. The fourth-order valence-corrected chi connectivity index (χ4v) is 2.76. The van der Waals surface area contributed by atoms with Crippen LogP contribution in [0.15, 0.2) is 36.5 Å². The number of anilines is 1. The van der Waals surface area contributed by atoms with Crippen LogP contribution in [0, 0.1) is 5.82 Å². The van der Waals surface area contributed by atoms with E-state index in [1.807, 2.05) is 13.8 Å². The molecule has 3 rings (SSSR count). The van der Waals surface area contributed by atoms with Gasteiger partial charge in [-0.3, -0.25) is 14.2 Å². The molecule has 0 fully saturated rings. The zero-order valence-electron chi connectivity index (χ0n) is 15.3. The Morgan fingerprint density at radius 2 is 1.89 bits per heavy atom. The zero-order valence-corrected chi connectivity index (χ0v) is 15.3. The van der Waals surface area contributed by atoms with Gasteiger partial charge in [0.05, 0.1) is 5.69 Å². The molecule has 0 unspecified atom stereocenters. The lowest BCUT2D eigenvalue weighted by atomic mass is 10.1. The molecule has 1 N–H and O–H groups in total. The Balaban J connectivity index is 1.86. The van der Waals surface area contributed by atoms with E-state index in [-0.39, 0.29) is 23.0 Å². The van der Waals surface area contributed by atoms with E-state index in [1.54, 1.807) is 0 Å². The molecule has 6 nitrogen and oxygen atoms in total. The summed E-state index contributed by atoms with van der Waals surface area (Å²) in [5.41, 5.74) is -0.720. The molecular formula is C18H17F4N5O. The standard InChI is InChI=1S/C18H17F4N5O/c1-10(2)27-14(6-7-23-27)17(28)24-11-4-5-12(13(19)8-11)15-9-16(18(20,21)22)25-26(15)3/h4-10H,1-3H3,(H,24,28).